The van der Waals surface area contributed by atoms with Crippen LogP contribution < -0.4 is 0 Å². The molecular weight excluding hydrogens is 290 g/mol. The number of pyridine rings is 1. The van der Waals surface area contributed by atoms with Crippen molar-refractivity contribution < 1.29 is 0 Å². The molecule has 1 aromatic heterocycles. The first-order valence-corrected chi connectivity index (χ1v) is 8.82. The molecule has 0 radical (unpaired) electrons. The first-order valence-electron chi connectivity index (χ1n) is 8.82. The number of benzene rings is 2. The van der Waals surface area contributed by atoms with Gasteiger partial charge < -0.3 is 0 Å². The molecule has 0 bridgehead atoms. The molecule has 2 aromatic carbocycles. The second-order valence-corrected chi connectivity index (χ2v) is 4.02. The van der Waals surface area contributed by atoms with Gasteiger partial charge in [-0.2, -0.15) is 0 Å². The molecule has 130 valence electrons. The molecule has 3 aromatic rings. The molecule has 3 rings (SSSR count). The summed E-state index contributed by atoms with van der Waals surface area (Å²) < 4.78 is 0. The van der Waals surface area contributed by atoms with Gasteiger partial charge in [-0.3, -0.25) is 4.98 Å². The van der Waals surface area contributed by atoms with E-state index < -0.39 is 0 Å². The monoisotopic (exact) mass is 323 g/mol. The summed E-state index contributed by atoms with van der Waals surface area (Å²) in [6, 6.07) is 28.2. The third-order valence-corrected chi connectivity index (χ3v) is 2.48. The van der Waals surface area contributed by atoms with E-state index in [1.54, 1.807) is 12.4 Å². The van der Waals surface area contributed by atoms with E-state index in [-0.39, 0.29) is 0 Å². The van der Waals surface area contributed by atoms with Crippen LogP contribution in [0.4, 0.5) is 0 Å². The van der Waals surface area contributed by atoms with Crippen LogP contribution in [0.5, 0.6) is 0 Å². The van der Waals surface area contributed by atoms with Gasteiger partial charge in [0.2, 0.25) is 0 Å². The number of rotatable bonds is 1. The zero-order chi connectivity index (χ0) is 18.3. The van der Waals surface area contributed by atoms with Crippen molar-refractivity contribution in [1.29, 1.82) is 0 Å². The van der Waals surface area contributed by atoms with Crippen LogP contribution >= 0.6 is 0 Å². The van der Waals surface area contributed by atoms with Crippen molar-refractivity contribution in [1.82, 2.24) is 4.98 Å². The van der Waals surface area contributed by atoms with E-state index in [1.807, 2.05) is 88.4 Å². The van der Waals surface area contributed by atoms with Crippen LogP contribution in [0.25, 0.3) is 0 Å². The first kappa shape index (κ1) is 23.9. The van der Waals surface area contributed by atoms with Crippen molar-refractivity contribution in [3.8, 4) is 0 Å². The van der Waals surface area contributed by atoms with Gasteiger partial charge in [0.25, 0.3) is 0 Å². The van der Waals surface area contributed by atoms with Crippen LogP contribution in [-0.2, 0) is 6.42 Å². The van der Waals surface area contributed by atoms with Crippen LogP contribution in [0.1, 0.15) is 40.2 Å². The van der Waals surface area contributed by atoms with Gasteiger partial charge in [-0.1, -0.05) is 107 Å². The second kappa shape index (κ2) is 22.9. The van der Waals surface area contributed by atoms with E-state index in [2.05, 4.69) is 36.2 Å². The minimum absolute atomic E-state index is 1.14. The molecule has 0 saturated heterocycles. The maximum atomic E-state index is 3.78. The first-order chi connectivity index (χ1) is 11.9. The Hall–Kier alpha value is -2.41. The fourth-order valence-electron chi connectivity index (χ4n) is 1.41. The molecule has 0 unspecified atom stereocenters. The molecular formula is C23H33N. The smallest absolute Gasteiger partial charge is 0.0267 e. The Labute approximate surface area is 149 Å². The molecule has 0 aliphatic rings. The van der Waals surface area contributed by atoms with Crippen molar-refractivity contribution in [2.24, 2.45) is 0 Å². The minimum Gasteiger partial charge on any atom is -0.265 e. The molecule has 1 nitrogen and oxygen atoms in total. The Morgan fingerprint density at radius 1 is 0.542 bits per heavy atom. The fourth-order valence-corrected chi connectivity index (χ4v) is 1.41. The summed E-state index contributed by atoms with van der Waals surface area (Å²) in [4.78, 5) is 3.78. The van der Waals surface area contributed by atoms with Crippen LogP contribution in [0.15, 0.2) is 97.3 Å². The number of aromatic nitrogens is 1. The van der Waals surface area contributed by atoms with Crippen LogP contribution in [0.2, 0.25) is 0 Å². The van der Waals surface area contributed by atoms with Gasteiger partial charge in [0.1, 0.15) is 0 Å². The Morgan fingerprint density at radius 2 is 0.875 bits per heavy atom. The molecule has 0 aliphatic carbocycles. The van der Waals surface area contributed by atoms with Gasteiger partial charge in [-0.05, 0) is 24.1 Å². The summed E-state index contributed by atoms with van der Waals surface area (Å²) in [5.74, 6) is 0. The van der Waals surface area contributed by atoms with Gasteiger partial charge in [0.05, 0.1) is 0 Å². The lowest BCUT2D eigenvalue weighted by Gasteiger charge is -1.89. The van der Waals surface area contributed by atoms with Gasteiger partial charge in [0, 0.05) is 12.4 Å². The standard InChI is InChI=1S/C8H10.C6H6.C5H5N.2C2H6/c1-2-8-6-4-3-5-7-8;2*1-2-4-6-5-3-1;2*1-2/h3-7H,2H2,1H3;1-6H;1-5H;2*1-2H3. The lowest BCUT2D eigenvalue weighted by atomic mass is 10.2. The molecule has 0 saturated carbocycles. The number of hydrogen-bond donors (Lipinski definition) is 0. The molecule has 0 spiro atoms. The van der Waals surface area contributed by atoms with Gasteiger partial charge in [-0.25, -0.2) is 0 Å². The van der Waals surface area contributed by atoms with Crippen LogP contribution in [0, 0.1) is 0 Å². The van der Waals surface area contributed by atoms with Gasteiger partial charge >= 0.3 is 0 Å². The van der Waals surface area contributed by atoms with Crippen molar-refractivity contribution in [2.75, 3.05) is 0 Å². The summed E-state index contributed by atoms with van der Waals surface area (Å²) in [5, 5.41) is 0. The normalized spacial score (nSPS) is 7.54. The fraction of sp³-hybridized carbons (Fsp3) is 0.261. The van der Waals surface area contributed by atoms with Gasteiger partial charge in [0.15, 0.2) is 0 Å². The van der Waals surface area contributed by atoms with Crippen molar-refractivity contribution in [3.63, 3.8) is 0 Å². The largest absolute Gasteiger partial charge is 0.265 e. The SMILES string of the molecule is CC.CC.CCc1ccccc1.c1ccccc1.c1ccncc1. The van der Waals surface area contributed by atoms with E-state index in [0.717, 1.165) is 6.42 Å². The van der Waals surface area contributed by atoms with Crippen LogP contribution in [0.3, 0.4) is 0 Å². The number of hydrogen-bond acceptors (Lipinski definition) is 1. The topological polar surface area (TPSA) is 12.9 Å². The highest BCUT2D eigenvalue weighted by Crippen LogP contribution is 1.96. The molecule has 0 aliphatic heterocycles. The van der Waals surface area contributed by atoms with E-state index in [0.29, 0.717) is 0 Å². The molecule has 1 heterocycles. The Morgan fingerprint density at radius 3 is 1.08 bits per heavy atom. The van der Waals surface area contributed by atoms with E-state index in [4.69, 9.17) is 0 Å². The summed E-state index contributed by atoms with van der Waals surface area (Å²) >= 11 is 0. The van der Waals surface area contributed by atoms with Crippen LogP contribution in [-0.4, -0.2) is 4.98 Å². The van der Waals surface area contributed by atoms with E-state index in [1.165, 1.54) is 5.56 Å². The maximum absolute atomic E-state index is 3.78. The number of aryl methyl sites for hydroxylation is 1. The minimum atomic E-state index is 1.14. The quantitative estimate of drug-likeness (QED) is 0.466. The predicted molar refractivity (Wildman–Crippen MR) is 109 cm³/mol. The molecule has 0 amide bonds. The summed E-state index contributed by atoms with van der Waals surface area (Å²) in [6.45, 7) is 10.2. The summed E-state index contributed by atoms with van der Waals surface area (Å²) in [6.07, 6.45) is 4.64. The highest BCUT2D eigenvalue weighted by atomic mass is 14.6. The average Bonchev–Trinajstić information content (AvgIpc) is 2.75. The van der Waals surface area contributed by atoms with Crippen molar-refractivity contribution >= 4 is 0 Å². The third-order valence-electron chi connectivity index (χ3n) is 2.48. The average molecular weight is 324 g/mol. The highest BCUT2D eigenvalue weighted by molar-refractivity contribution is 5.13. The Bertz CT molecular complexity index is 421. The molecule has 24 heavy (non-hydrogen) atoms. The zero-order valence-corrected chi connectivity index (χ0v) is 15.9. The summed E-state index contributed by atoms with van der Waals surface area (Å²) in [5.41, 5.74) is 1.41. The predicted octanol–water partition coefficient (Wildman–Crippen LogP) is 7.07. The van der Waals surface area contributed by atoms with E-state index in [9.17, 15) is 0 Å². The zero-order valence-electron chi connectivity index (χ0n) is 15.9. The number of nitrogens with zero attached hydrogens (tertiary/aromatic N) is 1. The lowest BCUT2D eigenvalue weighted by molar-refractivity contribution is 1.14. The third kappa shape index (κ3) is 17.6. The highest BCUT2D eigenvalue weighted by Gasteiger charge is 1.79. The molecule has 1 heteroatoms. The van der Waals surface area contributed by atoms with Crippen molar-refractivity contribution in [2.45, 2.75) is 41.0 Å². The summed E-state index contributed by atoms with van der Waals surface area (Å²) in [7, 11) is 0. The molecule has 0 N–H and O–H groups in total. The van der Waals surface area contributed by atoms with Crippen molar-refractivity contribution in [3.05, 3.63) is 103 Å². The lowest BCUT2D eigenvalue weighted by Crippen LogP contribution is -1.73. The second-order valence-electron chi connectivity index (χ2n) is 4.02. The van der Waals surface area contributed by atoms with Gasteiger partial charge in [-0.15, -0.1) is 0 Å². The molecule has 0 fully saturated rings. The maximum Gasteiger partial charge on any atom is 0.0267 e. The molecule has 0 atom stereocenters. The Balaban J connectivity index is 0. The Kier molecular flexibility index (Phi) is 22.7. The van der Waals surface area contributed by atoms with E-state index >= 15 is 0 Å².